The molecule has 1 atom stereocenters. The number of aliphatic hydroxyl groups is 1. The standard InChI is InChI=1S/C14H21F2NO/c1-10(2)11-4-6-12(7-5-11)13(18)8-17(3)9-14(15)16/h4-7,10,13-14,18H,8-9H2,1-3H3. The molecule has 0 bridgehead atoms. The predicted octanol–water partition coefficient (Wildman–Crippen LogP) is 3.04. The second-order valence-electron chi connectivity index (χ2n) is 4.95. The summed E-state index contributed by atoms with van der Waals surface area (Å²) >= 11 is 0. The summed E-state index contributed by atoms with van der Waals surface area (Å²) in [5.74, 6) is 0.442. The summed E-state index contributed by atoms with van der Waals surface area (Å²) < 4.78 is 24.3. The van der Waals surface area contributed by atoms with Gasteiger partial charge in [-0.15, -0.1) is 0 Å². The van der Waals surface area contributed by atoms with Gasteiger partial charge in [0.15, 0.2) is 0 Å². The number of aliphatic hydroxyl groups excluding tert-OH is 1. The van der Waals surface area contributed by atoms with Gasteiger partial charge >= 0.3 is 0 Å². The van der Waals surface area contributed by atoms with Gasteiger partial charge < -0.3 is 5.11 Å². The Labute approximate surface area is 107 Å². The largest absolute Gasteiger partial charge is 0.387 e. The van der Waals surface area contributed by atoms with E-state index in [9.17, 15) is 13.9 Å². The van der Waals surface area contributed by atoms with E-state index in [0.717, 1.165) is 5.56 Å². The van der Waals surface area contributed by atoms with Crippen LogP contribution in [0.1, 0.15) is 37.0 Å². The van der Waals surface area contributed by atoms with E-state index in [1.54, 1.807) is 7.05 Å². The Balaban J connectivity index is 2.58. The van der Waals surface area contributed by atoms with Gasteiger partial charge in [0.1, 0.15) is 0 Å². The van der Waals surface area contributed by atoms with Crippen LogP contribution in [0.4, 0.5) is 8.78 Å². The Morgan fingerprint density at radius 2 is 1.56 bits per heavy atom. The highest BCUT2D eigenvalue weighted by Gasteiger charge is 2.14. The van der Waals surface area contributed by atoms with Crippen molar-refractivity contribution in [3.63, 3.8) is 0 Å². The minimum Gasteiger partial charge on any atom is -0.387 e. The molecule has 0 aromatic heterocycles. The number of nitrogens with zero attached hydrogens (tertiary/aromatic N) is 1. The zero-order valence-electron chi connectivity index (χ0n) is 11.1. The van der Waals surface area contributed by atoms with Crippen LogP contribution in [0.25, 0.3) is 0 Å². The molecule has 4 heteroatoms. The molecule has 1 rings (SSSR count). The molecule has 0 aliphatic rings. The second-order valence-corrected chi connectivity index (χ2v) is 4.95. The van der Waals surface area contributed by atoms with Gasteiger partial charge in [0.2, 0.25) is 0 Å². The van der Waals surface area contributed by atoms with Crippen molar-refractivity contribution in [3.8, 4) is 0 Å². The average molecular weight is 257 g/mol. The van der Waals surface area contributed by atoms with Crippen molar-refractivity contribution in [3.05, 3.63) is 35.4 Å². The highest BCUT2D eigenvalue weighted by molar-refractivity contribution is 5.26. The summed E-state index contributed by atoms with van der Waals surface area (Å²) in [6.07, 6.45) is -3.10. The Morgan fingerprint density at radius 1 is 1.06 bits per heavy atom. The predicted molar refractivity (Wildman–Crippen MR) is 69.0 cm³/mol. The molecule has 0 saturated carbocycles. The van der Waals surface area contributed by atoms with E-state index in [1.807, 2.05) is 24.3 Å². The van der Waals surface area contributed by atoms with Crippen LogP contribution in [0, 0.1) is 0 Å². The molecule has 1 unspecified atom stereocenters. The molecule has 1 aromatic carbocycles. The van der Waals surface area contributed by atoms with E-state index in [2.05, 4.69) is 13.8 Å². The maximum atomic E-state index is 12.2. The number of rotatable bonds is 6. The molecule has 18 heavy (non-hydrogen) atoms. The molecule has 0 saturated heterocycles. The average Bonchev–Trinajstić information content (AvgIpc) is 2.27. The molecule has 1 N–H and O–H groups in total. The summed E-state index contributed by atoms with van der Waals surface area (Å²) in [5, 5.41) is 9.95. The molecule has 2 nitrogen and oxygen atoms in total. The first-order chi connectivity index (χ1) is 8.40. The van der Waals surface area contributed by atoms with Crippen molar-refractivity contribution in [2.24, 2.45) is 0 Å². The highest BCUT2D eigenvalue weighted by Crippen LogP contribution is 2.19. The zero-order valence-corrected chi connectivity index (χ0v) is 11.1. The van der Waals surface area contributed by atoms with Gasteiger partial charge in [0, 0.05) is 6.54 Å². The van der Waals surface area contributed by atoms with Crippen LogP contribution in [0.2, 0.25) is 0 Å². The molecule has 0 heterocycles. The lowest BCUT2D eigenvalue weighted by Gasteiger charge is -2.20. The molecule has 0 aliphatic carbocycles. The normalized spacial score (nSPS) is 13.6. The summed E-state index contributed by atoms with van der Waals surface area (Å²) in [7, 11) is 1.58. The molecule has 0 fully saturated rings. The van der Waals surface area contributed by atoms with Crippen molar-refractivity contribution in [2.45, 2.75) is 32.3 Å². The maximum absolute atomic E-state index is 12.2. The molecule has 0 spiro atoms. The second kappa shape index (κ2) is 6.81. The van der Waals surface area contributed by atoms with Gasteiger partial charge in [-0.2, -0.15) is 0 Å². The van der Waals surface area contributed by atoms with E-state index in [0.29, 0.717) is 5.92 Å². The SMILES string of the molecule is CC(C)c1ccc(C(O)CN(C)CC(F)F)cc1. The first-order valence-electron chi connectivity index (χ1n) is 6.14. The maximum Gasteiger partial charge on any atom is 0.251 e. The third kappa shape index (κ3) is 4.70. The van der Waals surface area contributed by atoms with Gasteiger partial charge in [-0.25, -0.2) is 8.78 Å². The topological polar surface area (TPSA) is 23.5 Å². The molecule has 0 radical (unpaired) electrons. The monoisotopic (exact) mass is 257 g/mol. The van der Waals surface area contributed by atoms with Crippen molar-refractivity contribution < 1.29 is 13.9 Å². The number of alkyl halides is 2. The molecular weight excluding hydrogens is 236 g/mol. The molecule has 0 amide bonds. The first kappa shape index (κ1) is 15.1. The fraction of sp³-hybridized carbons (Fsp3) is 0.571. The van der Waals surface area contributed by atoms with E-state index < -0.39 is 12.5 Å². The number of benzene rings is 1. The smallest absolute Gasteiger partial charge is 0.251 e. The summed E-state index contributed by atoms with van der Waals surface area (Å²) in [4.78, 5) is 1.44. The lowest BCUT2D eigenvalue weighted by molar-refractivity contribution is 0.0680. The van der Waals surface area contributed by atoms with Gasteiger partial charge in [0.25, 0.3) is 6.43 Å². The Hall–Kier alpha value is -1.00. The highest BCUT2D eigenvalue weighted by atomic mass is 19.3. The van der Waals surface area contributed by atoms with Crippen LogP contribution in [-0.4, -0.2) is 36.6 Å². The molecular formula is C14H21F2NO. The zero-order chi connectivity index (χ0) is 13.7. The quantitative estimate of drug-likeness (QED) is 0.846. The number of likely N-dealkylation sites (N-methyl/N-ethyl adjacent to an activating group) is 1. The van der Waals surface area contributed by atoms with Gasteiger partial charge in [-0.1, -0.05) is 38.1 Å². The summed E-state index contributed by atoms with van der Waals surface area (Å²) in [6, 6.07) is 7.65. The lowest BCUT2D eigenvalue weighted by atomic mass is 10.00. The Kier molecular flexibility index (Phi) is 5.69. The number of halogens is 2. The molecule has 102 valence electrons. The van der Waals surface area contributed by atoms with Crippen molar-refractivity contribution in [1.29, 1.82) is 0 Å². The Morgan fingerprint density at radius 3 is 2.00 bits per heavy atom. The van der Waals surface area contributed by atoms with Crippen LogP contribution in [0.3, 0.4) is 0 Å². The molecule has 0 aliphatic heterocycles. The number of hydrogen-bond acceptors (Lipinski definition) is 2. The minimum atomic E-state index is -2.37. The van der Waals surface area contributed by atoms with Crippen LogP contribution in [-0.2, 0) is 0 Å². The van der Waals surface area contributed by atoms with E-state index >= 15 is 0 Å². The van der Waals surface area contributed by atoms with Crippen molar-refractivity contribution in [2.75, 3.05) is 20.1 Å². The van der Waals surface area contributed by atoms with Gasteiger partial charge in [-0.3, -0.25) is 4.90 Å². The number of hydrogen-bond donors (Lipinski definition) is 1. The summed E-state index contributed by atoms with van der Waals surface area (Å²) in [6.45, 7) is 4.09. The fourth-order valence-electron chi connectivity index (χ4n) is 1.81. The third-order valence-corrected chi connectivity index (χ3v) is 2.92. The molecule has 1 aromatic rings. The van der Waals surface area contributed by atoms with Gasteiger partial charge in [-0.05, 0) is 24.1 Å². The van der Waals surface area contributed by atoms with Gasteiger partial charge in [0.05, 0.1) is 12.6 Å². The van der Waals surface area contributed by atoms with Crippen molar-refractivity contribution >= 4 is 0 Å². The van der Waals surface area contributed by atoms with Crippen LogP contribution in [0.5, 0.6) is 0 Å². The lowest BCUT2D eigenvalue weighted by Crippen LogP contribution is -2.29. The summed E-state index contributed by atoms with van der Waals surface area (Å²) in [5.41, 5.74) is 1.97. The van der Waals surface area contributed by atoms with Crippen LogP contribution < -0.4 is 0 Å². The Bertz CT molecular complexity index is 351. The fourth-order valence-corrected chi connectivity index (χ4v) is 1.81. The van der Waals surface area contributed by atoms with Crippen LogP contribution >= 0.6 is 0 Å². The minimum absolute atomic E-state index is 0.214. The van der Waals surface area contributed by atoms with E-state index in [1.165, 1.54) is 10.5 Å². The van der Waals surface area contributed by atoms with E-state index in [-0.39, 0.29) is 13.1 Å². The van der Waals surface area contributed by atoms with E-state index in [4.69, 9.17) is 0 Å². The van der Waals surface area contributed by atoms with Crippen molar-refractivity contribution in [1.82, 2.24) is 4.90 Å². The third-order valence-electron chi connectivity index (χ3n) is 2.92. The van der Waals surface area contributed by atoms with Crippen LogP contribution in [0.15, 0.2) is 24.3 Å². The first-order valence-corrected chi connectivity index (χ1v) is 6.14.